The van der Waals surface area contributed by atoms with Crippen molar-refractivity contribution in [3.05, 3.63) is 125 Å². The van der Waals surface area contributed by atoms with E-state index in [9.17, 15) is 9.59 Å². The molecule has 2 heterocycles. The van der Waals surface area contributed by atoms with Crippen LogP contribution in [0.25, 0.3) is 16.8 Å². The first-order valence-electron chi connectivity index (χ1n) is 12.4. The van der Waals surface area contributed by atoms with Crippen LogP contribution in [-0.4, -0.2) is 34.4 Å². The molecule has 1 unspecified atom stereocenters. The van der Waals surface area contributed by atoms with Crippen LogP contribution < -0.4 is 10.1 Å². The topological polar surface area (TPSA) is 81.9 Å². The normalized spacial score (nSPS) is 11.6. The third kappa shape index (κ3) is 6.45. The molecule has 0 saturated carbocycles. The van der Waals surface area contributed by atoms with Crippen LogP contribution in [-0.2, 0) is 22.6 Å². The van der Waals surface area contributed by atoms with Crippen molar-refractivity contribution in [2.24, 2.45) is 0 Å². The lowest BCUT2D eigenvalue weighted by Gasteiger charge is -2.16. The van der Waals surface area contributed by atoms with Crippen LogP contribution in [0.2, 0.25) is 5.02 Å². The zero-order chi connectivity index (χ0) is 27.2. The van der Waals surface area contributed by atoms with Crippen molar-refractivity contribution < 1.29 is 19.1 Å². The third-order valence-corrected chi connectivity index (χ3v) is 6.52. The quantitative estimate of drug-likeness (QED) is 0.241. The molecule has 0 aliphatic heterocycles. The number of nitrogens with zero attached hydrogens (tertiary/aromatic N) is 2. The van der Waals surface area contributed by atoms with Gasteiger partial charge in [-0.2, -0.15) is 0 Å². The minimum atomic E-state index is -0.881. The van der Waals surface area contributed by atoms with Gasteiger partial charge in [0, 0.05) is 23.8 Å². The summed E-state index contributed by atoms with van der Waals surface area (Å²) in [5.41, 5.74) is 4.65. The summed E-state index contributed by atoms with van der Waals surface area (Å²) in [6.45, 7) is 0.460. The second kappa shape index (κ2) is 11.8. The van der Waals surface area contributed by atoms with Gasteiger partial charge in [-0.15, -0.1) is 0 Å². The monoisotopic (exact) mass is 539 g/mol. The second-order valence-corrected chi connectivity index (χ2v) is 9.42. The summed E-state index contributed by atoms with van der Waals surface area (Å²) < 4.78 is 12.5. The van der Waals surface area contributed by atoms with Gasteiger partial charge in [0.2, 0.25) is 0 Å². The minimum Gasteiger partial charge on any atom is -0.489 e. The van der Waals surface area contributed by atoms with Gasteiger partial charge in [0.25, 0.3) is 5.91 Å². The number of amides is 1. The van der Waals surface area contributed by atoms with Crippen LogP contribution in [0.5, 0.6) is 5.75 Å². The predicted molar refractivity (Wildman–Crippen MR) is 150 cm³/mol. The Kier molecular flexibility index (Phi) is 7.89. The Morgan fingerprint density at radius 2 is 1.67 bits per heavy atom. The number of hydrogen-bond acceptors (Lipinski definition) is 5. The second-order valence-electron chi connectivity index (χ2n) is 8.99. The van der Waals surface area contributed by atoms with Crippen molar-refractivity contribution in [2.75, 3.05) is 7.11 Å². The van der Waals surface area contributed by atoms with Crippen LogP contribution in [0.1, 0.15) is 21.6 Å². The van der Waals surface area contributed by atoms with Gasteiger partial charge >= 0.3 is 5.97 Å². The van der Waals surface area contributed by atoms with Gasteiger partial charge in [0.1, 0.15) is 29.7 Å². The lowest BCUT2D eigenvalue weighted by molar-refractivity contribution is -0.142. The molecule has 1 amide bonds. The van der Waals surface area contributed by atoms with Crippen molar-refractivity contribution in [3.63, 3.8) is 0 Å². The molecule has 8 heteroatoms. The SMILES string of the molecule is COC(=O)C(Cc1ccc(OCc2ccccc2)cc1)NC(=O)c1cn2ccc(-c3ccc(Cl)cc3)cc2n1. The number of benzene rings is 3. The number of nitrogens with one attached hydrogen (secondary N) is 1. The van der Waals surface area contributed by atoms with E-state index in [1.165, 1.54) is 7.11 Å². The Morgan fingerprint density at radius 1 is 0.923 bits per heavy atom. The van der Waals surface area contributed by atoms with Gasteiger partial charge in [-0.1, -0.05) is 66.2 Å². The van der Waals surface area contributed by atoms with Crippen molar-refractivity contribution in [3.8, 4) is 16.9 Å². The zero-order valence-electron chi connectivity index (χ0n) is 21.2. The summed E-state index contributed by atoms with van der Waals surface area (Å²) in [7, 11) is 1.30. The number of halogens is 1. The van der Waals surface area contributed by atoms with E-state index >= 15 is 0 Å². The molecule has 0 fully saturated rings. The first-order chi connectivity index (χ1) is 19.0. The van der Waals surface area contributed by atoms with Crippen LogP contribution in [0.4, 0.5) is 0 Å². The minimum absolute atomic E-state index is 0.196. The van der Waals surface area contributed by atoms with Gasteiger partial charge in [0.15, 0.2) is 0 Å². The number of aromatic nitrogens is 2. The van der Waals surface area contributed by atoms with Gasteiger partial charge in [-0.25, -0.2) is 9.78 Å². The van der Waals surface area contributed by atoms with Crippen LogP contribution in [0, 0.1) is 0 Å². The van der Waals surface area contributed by atoms with Crippen molar-refractivity contribution in [1.82, 2.24) is 14.7 Å². The fourth-order valence-corrected chi connectivity index (χ4v) is 4.31. The molecule has 196 valence electrons. The summed E-state index contributed by atoms with van der Waals surface area (Å²) in [5, 5.41) is 3.43. The van der Waals surface area contributed by atoms with Gasteiger partial charge in [-0.05, 0) is 58.7 Å². The maximum Gasteiger partial charge on any atom is 0.328 e. The third-order valence-electron chi connectivity index (χ3n) is 6.27. The summed E-state index contributed by atoms with van der Waals surface area (Å²) in [4.78, 5) is 30.1. The molecular weight excluding hydrogens is 514 g/mol. The predicted octanol–water partition coefficient (Wildman–Crippen LogP) is 5.75. The molecule has 0 spiro atoms. The first kappa shape index (κ1) is 26.0. The molecule has 1 atom stereocenters. The molecule has 39 heavy (non-hydrogen) atoms. The molecule has 1 N–H and O–H groups in total. The number of ether oxygens (including phenoxy) is 2. The molecule has 7 nitrogen and oxygen atoms in total. The molecule has 0 aliphatic rings. The van der Waals surface area contributed by atoms with Crippen molar-refractivity contribution >= 4 is 29.1 Å². The Bertz CT molecular complexity index is 1580. The van der Waals surface area contributed by atoms with Crippen molar-refractivity contribution in [2.45, 2.75) is 19.1 Å². The maximum absolute atomic E-state index is 13.1. The van der Waals surface area contributed by atoms with E-state index < -0.39 is 17.9 Å². The Labute approximate surface area is 231 Å². The molecule has 5 aromatic rings. The number of imidazole rings is 1. The fraction of sp³-hybridized carbons (Fsp3) is 0.129. The highest BCUT2D eigenvalue weighted by molar-refractivity contribution is 6.30. The summed E-state index contributed by atoms with van der Waals surface area (Å²) in [6, 6.07) is 27.7. The standard InChI is InChI=1S/C31H26ClN3O4/c1-38-31(37)27(17-21-7-13-26(14-8-21)39-20-22-5-3-2-4-6-22)34-30(36)28-19-35-16-15-24(18-29(35)33-28)23-9-11-25(32)12-10-23/h2-16,18-19,27H,17,20H2,1H3,(H,34,36). The van der Waals surface area contributed by atoms with Crippen LogP contribution in [0.3, 0.4) is 0 Å². The smallest absolute Gasteiger partial charge is 0.328 e. The molecule has 5 rings (SSSR count). The number of carbonyl (C=O) groups is 2. The van der Waals surface area contributed by atoms with E-state index in [-0.39, 0.29) is 12.1 Å². The Balaban J connectivity index is 1.26. The highest BCUT2D eigenvalue weighted by Gasteiger charge is 2.24. The van der Waals surface area contributed by atoms with Gasteiger partial charge in [0.05, 0.1) is 7.11 Å². The summed E-state index contributed by atoms with van der Waals surface area (Å²) in [6.07, 6.45) is 3.72. The average Bonchev–Trinajstić information content (AvgIpc) is 3.41. The van der Waals surface area contributed by atoms with Crippen LogP contribution in [0.15, 0.2) is 103 Å². The van der Waals surface area contributed by atoms with E-state index in [4.69, 9.17) is 21.1 Å². The Morgan fingerprint density at radius 3 is 2.38 bits per heavy atom. The van der Waals surface area contributed by atoms with E-state index in [1.807, 2.05) is 97.2 Å². The first-order valence-corrected chi connectivity index (χ1v) is 12.8. The van der Waals surface area contributed by atoms with Gasteiger partial charge < -0.3 is 19.2 Å². The number of esters is 1. The van der Waals surface area contributed by atoms with Crippen LogP contribution >= 0.6 is 11.6 Å². The van der Waals surface area contributed by atoms with Gasteiger partial charge in [-0.3, -0.25) is 4.79 Å². The lowest BCUT2D eigenvalue weighted by Crippen LogP contribution is -2.43. The molecule has 0 bridgehead atoms. The van der Waals surface area contributed by atoms with E-state index in [2.05, 4.69) is 10.3 Å². The molecule has 0 aliphatic carbocycles. The number of pyridine rings is 1. The molecule has 3 aromatic carbocycles. The van der Waals surface area contributed by atoms with Crippen molar-refractivity contribution in [1.29, 1.82) is 0 Å². The summed E-state index contributed by atoms with van der Waals surface area (Å²) in [5.74, 6) is -0.296. The fourth-order valence-electron chi connectivity index (χ4n) is 4.18. The van der Waals surface area contributed by atoms with E-state index in [0.717, 1.165) is 22.3 Å². The van der Waals surface area contributed by atoms with E-state index in [0.29, 0.717) is 23.0 Å². The molecule has 2 aromatic heterocycles. The maximum atomic E-state index is 13.1. The molecular formula is C31H26ClN3O4. The number of hydrogen-bond donors (Lipinski definition) is 1. The Hall–Kier alpha value is -4.62. The largest absolute Gasteiger partial charge is 0.489 e. The number of rotatable bonds is 9. The number of carbonyl (C=O) groups excluding carboxylic acids is 2. The number of methoxy groups -OCH3 is 1. The zero-order valence-corrected chi connectivity index (χ0v) is 22.0. The average molecular weight is 540 g/mol. The molecule has 0 saturated heterocycles. The highest BCUT2D eigenvalue weighted by atomic mass is 35.5. The highest BCUT2D eigenvalue weighted by Crippen LogP contribution is 2.23. The van der Waals surface area contributed by atoms with E-state index in [1.54, 1.807) is 10.6 Å². The number of fused-ring (bicyclic) bond motifs is 1. The molecule has 0 radical (unpaired) electrons. The lowest BCUT2D eigenvalue weighted by atomic mass is 10.1. The summed E-state index contributed by atoms with van der Waals surface area (Å²) >= 11 is 6.00.